The minimum atomic E-state index is -0.564. The maximum atomic E-state index is 13.0. The first-order valence-electron chi connectivity index (χ1n) is 14.8. The van der Waals surface area contributed by atoms with Crippen molar-refractivity contribution in [2.75, 3.05) is 38.1 Å². The second kappa shape index (κ2) is 11.7. The molecule has 2 saturated heterocycles. The molecule has 0 radical (unpaired) electrons. The van der Waals surface area contributed by atoms with Crippen LogP contribution in [0.25, 0.3) is 11.0 Å². The molecular weight excluding hydrogens is 536 g/mol. The van der Waals surface area contributed by atoms with E-state index >= 15 is 0 Å². The number of hydrogen-bond donors (Lipinski definition) is 4. The summed E-state index contributed by atoms with van der Waals surface area (Å²) in [4.78, 5) is 50.6. The number of aliphatic hydroxyl groups is 1. The highest BCUT2D eigenvalue weighted by atomic mass is 16.5. The van der Waals surface area contributed by atoms with E-state index in [1.165, 1.54) is 0 Å². The molecule has 3 aliphatic heterocycles. The second-order valence-electron chi connectivity index (χ2n) is 11.6. The van der Waals surface area contributed by atoms with Gasteiger partial charge in [-0.3, -0.25) is 9.59 Å². The lowest BCUT2D eigenvalue weighted by atomic mass is 10.0. The number of nitrogens with zero attached hydrogens (tertiary/aromatic N) is 3. The van der Waals surface area contributed by atoms with E-state index < -0.39 is 6.10 Å². The van der Waals surface area contributed by atoms with Crippen LogP contribution >= 0.6 is 0 Å². The topological polar surface area (TPSA) is 140 Å². The first-order valence-corrected chi connectivity index (χ1v) is 14.8. The number of aromatic nitrogens is 2. The van der Waals surface area contributed by atoms with Gasteiger partial charge in [-0.1, -0.05) is 12.1 Å². The number of nitrogens with one attached hydrogen (secondary N) is 3. The molecule has 4 N–H and O–H groups in total. The Bertz CT molecular complexity index is 1500. The summed E-state index contributed by atoms with van der Waals surface area (Å²) in [6.45, 7) is 5.92. The van der Waals surface area contributed by atoms with Crippen LogP contribution in [0.15, 0.2) is 30.3 Å². The normalized spacial score (nSPS) is 20.3. The van der Waals surface area contributed by atoms with Crippen LogP contribution in [0.4, 0.5) is 10.5 Å². The third kappa shape index (κ3) is 5.71. The number of ether oxygens (including phenoxy) is 1. The van der Waals surface area contributed by atoms with Crippen LogP contribution < -0.4 is 10.6 Å². The van der Waals surface area contributed by atoms with Gasteiger partial charge in [-0.15, -0.1) is 0 Å². The molecule has 2 fully saturated rings. The maximum Gasteiger partial charge on any atom is 0.322 e. The molecule has 0 spiro atoms. The maximum absolute atomic E-state index is 13.0. The van der Waals surface area contributed by atoms with Gasteiger partial charge in [-0.2, -0.15) is 0 Å². The molecular formula is C31H38N6O5. The van der Waals surface area contributed by atoms with Gasteiger partial charge in [0.05, 0.1) is 23.7 Å². The molecule has 2 aromatic carbocycles. The number of rotatable bonds is 6. The van der Waals surface area contributed by atoms with Crippen LogP contribution in [-0.4, -0.2) is 81.5 Å². The largest absolute Gasteiger partial charge is 0.389 e. The Morgan fingerprint density at radius 2 is 1.98 bits per heavy atom. The molecule has 6 rings (SSSR count). The number of fused-ring (bicyclic) bond motifs is 2. The van der Waals surface area contributed by atoms with Crippen LogP contribution in [0.1, 0.15) is 77.7 Å². The number of imidazole rings is 1. The number of benzene rings is 2. The first-order chi connectivity index (χ1) is 20.3. The van der Waals surface area contributed by atoms with E-state index in [-0.39, 0.29) is 36.5 Å². The van der Waals surface area contributed by atoms with Gasteiger partial charge in [0.15, 0.2) is 0 Å². The van der Waals surface area contributed by atoms with E-state index in [9.17, 15) is 19.5 Å². The molecule has 42 heavy (non-hydrogen) atoms. The van der Waals surface area contributed by atoms with Crippen molar-refractivity contribution < 1.29 is 24.2 Å². The van der Waals surface area contributed by atoms with E-state index in [0.29, 0.717) is 50.0 Å². The van der Waals surface area contributed by atoms with Gasteiger partial charge in [-0.05, 0) is 80.8 Å². The van der Waals surface area contributed by atoms with Crippen molar-refractivity contribution in [3.8, 4) is 0 Å². The molecule has 11 heteroatoms. The Balaban J connectivity index is 1.01. The zero-order valence-corrected chi connectivity index (χ0v) is 24.1. The van der Waals surface area contributed by atoms with Crippen LogP contribution in [0, 0.1) is 6.92 Å². The molecule has 4 heterocycles. The number of amides is 4. The number of carbonyl (C=O) groups is 3. The Hall–Kier alpha value is -3.96. The highest BCUT2D eigenvalue weighted by Crippen LogP contribution is 2.30. The van der Waals surface area contributed by atoms with E-state index in [0.717, 1.165) is 53.2 Å². The number of anilines is 1. The zero-order valence-electron chi connectivity index (χ0n) is 24.1. The van der Waals surface area contributed by atoms with Gasteiger partial charge in [0.2, 0.25) is 5.91 Å². The molecule has 2 atom stereocenters. The Kier molecular flexibility index (Phi) is 7.87. The van der Waals surface area contributed by atoms with Gasteiger partial charge in [0.1, 0.15) is 11.9 Å². The molecule has 0 aliphatic carbocycles. The summed E-state index contributed by atoms with van der Waals surface area (Å²) < 4.78 is 5.74. The third-order valence-corrected chi connectivity index (χ3v) is 8.70. The highest BCUT2D eigenvalue weighted by Gasteiger charge is 2.31. The van der Waals surface area contributed by atoms with Crippen LogP contribution in [-0.2, 0) is 16.0 Å². The summed E-state index contributed by atoms with van der Waals surface area (Å²) in [5.41, 5.74) is 5.59. The summed E-state index contributed by atoms with van der Waals surface area (Å²) in [5.74, 6) is 0.331. The van der Waals surface area contributed by atoms with Crippen molar-refractivity contribution in [3.63, 3.8) is 0 Å². The summed E-state index contributed by atoms with van der Waals surface area (Å²) >= 11 is 0. The molecule has 4 amide bonds. The van der Waals surface area contributed by atoms with E-state index in [4.69, 9.17) is 4.74 Å². The Morgan fingerprint density at radius 3 is 2.71 bits per heavy atom. The molecule has 11 nitrogen and oxygen atoms in total. The van der Waals surface area contributed by atoms with Crippen molar-refractivity contribution in [1.29, 1.82) is 0 Å². The number of H-pyrrole nitrogens is 1. The fourth-order valence-electron chi connectivity index (χ4n) is 6.26. The van der Waals surface area contributed by atoms with Crippen LogP contribution in [0.2, 0.25) is 0 Å². The van der Waals surface area contributed by atoms with Crippen molar-refractivity contribution >= 4 is 34.6 Å². The predicted octanol–water partition coefficient (Wildman–Crippen LogP) is 3.59. The average Bonchev–Trinajstić information content (AvgIpc) is 3.64. The fraction of sp³-hybridized carbons (Fsp3) is 0.484. The number of urea groups is 1. The average molecular weight is 575 g/mol. The third-order valence-electron chi connectivity index (χ3n) is 8.70. The molecule has 3 aromatic rings. The number of aliphatic hydroxyl groups excluding tert-OH is 1. The smallest absolute Gasteiger partial charge is 0.322 e. The zero-order chi connectivity index (χ0) is 29.4. The quantitative estimate of drug-likeness (QED) is 0.355. The summed E-state index contributed by atoms with van der Waals surface area (Å²) in [6.07, 6.45) is 3.37. The number of hydrogen-bond acceptors (Lipinski definition) is 6. The lowest BCUT2D eigenvalue weighted by Crippen LogP contribution is -2.51. The number of likely N-dealkylation sites (tertiary alicyclic amines) is 1. The summed E-state index contributed by atoms with van der Waals surface area (Å²) in [7, 11) is 0. The van der Waals surface area contributed by atoms with Crippen molar-refractivity contribution in [1.82, 2.24) is 25.1 Å². The summed E-state index contributed by atoms with van der Waals surface area (Å²) in [5, 5.41) is 15.7. The van der Waals surface area contributed by atoms with Gasteiger partial charge < -0.3 is 35.3 Å². The summed E-state index contributed by atoms with van der Waals surface area (Å²) in [6, 6.07) is 9.09. The number of aromatic amines is 1. The molecule has 1 unspecified atom stereocenters. The molecule has 0 saturated carbocycles. The van der Waals surface area contributed by atoms with E-state index in [1.807, 2.05) is 30.0 Å². The monoisotopic (exact) mass is 574 g/mol. The van der Waals surface area contributed by atoms with Gasteiger partial charge >= 0.3 is 6.03 Å². The molecule has 1 aromatic heterocycles. The molecule has 3 aliphatic rings. The SMILES string of the molecule is Cc1cc(C(=O)NCC(=O)N2CCC(N3CCc4cc(C(C)O)ccc4NC3=O)CC2)cc2nc([C@H]3CCCO3)[nH]c12. The first kappa shape index (κ1) is 28.2. The van der Waals surface area contributed by atoms with E-state index in [2.05, 4.69) is 20.6 Å². The minimum absolute atomic E-state index is 0.0252. The van der Waals surface area contributed by atoms with E-state index in [1.54, 1.807) is 24.0 Å². The second-order valence-corrected chi connectivity index (χ2v) is 11.6. The van der Waals surface area contributed by atoms with Gasteiger partial charge in [0.25, 0.3) is 5.91 Å². The molecule has 0 bridgehead atoms. The van der Waals surface area contributed by atoms with Crippen molar-refractivity contribution in [2.24, 2.45) is 0 Å². The number of aryl methyl sites for hydroxylation is 1. The Morgan fingerprint density at radius 1 is 1.17 bits per heavy atom. The van der Waals surface area contributed by atoms with Crippen molar-refractivity contribution in [3.05, 3.63) is 58.4 Å². The van der Waals surface area contributed by atoms with Crippen LogP contribution in [0.5, 0.6) is 0 Å². The standard InChI is InChI=1S/C31H38N6O5/c1-18-14-22(16-25-28(18)35-29(33-25)26-4-3-13-42-26)30(40)32-17-27(39)36-10-8-23(9-11-36)37-12-7-21-15-20(19(2)38)5-6-24(21)34-31(37)41/h5-6,14-16,19,23,26,38H,3-4,7-13,17H2,1-2H3,(H,32,40)(H,33,35)(H,34,41)/t19?,26-/m1/s1. The lowest BCUT2D eigenvalue weighted by molar-refractivity contribution is -0.131. The lowest BCUT2D eigenvalue weighted by Gasteiger charge is -2.38. The van der Waals surface area contributed by atoms with Crippen molar-refractivity contribution in [2.45, 2.75) is 64.2 Å². The fourth-order valence-corrected chi connectivity index (χ4v) is 6.26. The highest BCUT2D eigenvalue weighted by molar-refractivity contribution is 5.99. The van der Waals surface area contributed by atoms with Crippen LogP contribution in [0.3, 0.4) is 0 Å². The predicted molar refractivity (Wildman–Crippen MR) is 157 cm³/mol. The number of carbonyl (C=O) groups excluding carboxylic acids is 3. The minimum Gasteiger partial charge on any atom is -0.389 e. The van der Waals surface area contributed by atoms with Gasteiger partial charge in [0, 0.05) is 43.5 Å². The Labute approximate surface area is 244 Å². The molecule has 222 valence electrons. The van der Waals surface area contributed by atoms with Gasteiger partial charge in [-0.25, -0.2) is 9.78 Å². The number of piperidine rings is 1.